The van der Waals surface area contributed by atoms with Crippen molar-refractivity contribution in [1.29, 1.82) is 0 Å². The molecule has 0 saturated heterocycles. The number of benzene rings is 3. The van der Waals surface area contributed by atoms with Gasteiger partial charge in [0.25, 0.3) is 10.1 Å². The van der Waals surface area contributed by atoms with Crippen LogP contribution in [0.1, 0.15) is 11.1 Å². The van der Waals surface area contributed by atoms with E-state index in [4.69, 9.17) is 13.7 Å². The summed E-state index contributed by atoms with van der Waals surface area (Å²) in [6, 6.07) is 23.1. The molecule has 0 aliphatic rings. The summed E-state index contributed by atoms with van der Waals surface area (Å²) in [6.07, 6.45) is -1.10. The zero-order valence-corrected chi connectivity index (χ0v) is 17.4. The Morgan fingerprint density at radius 2 is 1.40 bits per heavy atom. The average Bonchev–Trinajstić information content (AvgIpc) is 2.76. The molecule has 0 heterocycles. The highest BCUT2D eigenvalue weighted by Crippen LogP contribution is 2.19. The van der Waals surface area contributed by atoms with Gasteiger partial charge in [0.15, 0.2) is 0 Å². The predicted octanol–water partition coefficient (Wildman–Crippen LogP) is 3.72. The third kappa shape index (κ3) is 6.59. The van der Waals surface area contributed by atoms with Crippen molar-refractivity contribution in [1.82, 2.24) is 0 Å². The summed E-state index contributed by atoms with van der Waals surface area (Å²) in [7, 11) is -3.92. The van der Waals surface area contributed by atoms with Crippen LogP contribution in [0.4, 0.5) is 0 Å². The number of hydrogen-bond donors (Lipinski definition) is 1. The lowest BCUT2D eigenvalue weighted by Gasteiger charge is -2.13. The van der Waals surface area contributed by atoms with E-state index in [2.05, 4.69) is 0 Å². The maximum absolute atomic E-state index is 12.1. The highest BCUT2D eigenvalue weighted by atomic mass is 32.2. The Hall–Kier alpha value is -2.87. The minimum absolute atomic E-state index is 0.0484. The fourth-order valence-electron chi connectivity index (χ4n) is 2.55. The molecule has 6 nitrogen and oxygen atoms in total. The fourth-order valence-corrected chi connectivity index (χ4v) is 3.50. The molecule has 3 rings (SSSR count). The molecule has 7 heteroatoms. The van der Waals surface area contributed by atoms with Gasteiger partial charge in [0.05, 0.1) is 11.5 Å². The van der Waals surface area contributed by atoms with Crippen LogP contribution in [0.3, 0.4) is 0 Å². The molecule has 0 fully saturated rings. The van der Waals surface area contributed by atoms with Gasteiger partial charge >= 0.3 is 0 Å². The van der Waals surface area contributed by atoms with Crippen LogP contribution in [-0.4, -0.2) is 32.8 Å². The smallest absolute Gasteiger partial charge is 0.297 e. The SMILES string of the molecule is Cc1ccc(S(=O)(=O)OC[C@H](O)COc2ccc(OCc3ccccc3)cc2)cc1. The van der Waals surface area contributed by atoms with Gasteiger partial charge in [-0.15, -0.1) is 0 Å². The molecule has 158 valence electrons. The molecule has 3 aromatic rings. The van der Waals surface area contributed by atoms with Gasteiger partial charge in [-0.2, -0.15) is 8.42 Å². The number of aliphatic hydroxyl groups excluding tert-OH is 1. The highest BCUT2D eigenvalue weighted by molar-refractivity contribution is 7.86. The van der Waals surface area contributed by atoms with Gasteiger partial charge in [0.2, 0.25) is 0 Å². The Bertz CT molecular complexity index is 1020. The molecule has 1 N–H and O–H groups in total. The van der Waals surface area contributed by atoms with Crippen LogP contribution in [0, 0.1) is 6.92 Å². The van der Waals surface area contributed by atoms with E-state index in [0.29, 0.717) is 18.1 Å². The predicted molar refractivity (Wildman–Crippen MR) is 113 cm³/mol. The fraction of sp³-hybridized carbons (Fsp3) is 0.217. The first-order valence-electron chi connectivity index (χ1n) is 9.46. The van der Waals surface area contributed by atoms with Crippen molar-refractivity contribution in [3.05, 3.63) is 90.0 Å². The van der Waals surface area contributed by atoms with E-state index in [1.807, 2.05) is 37.3 Å². The summed E-state index contributed by atoms with van der Waals surface area (Å²) in [6.45, 7) is 1.83. The quantitative estimate of drug-likeness (QED) is 0.496. The number of aryl methyl sites for hydroxylation is 1. The van der Waals surface area contributed by atoms with Crippen LogP contribution in [0.5, 0.6) is 11.5 Å². The first kappa shape index (κ1) is 21.8. The second-order valence-corrected chi connectivity index (χ2v) is 8.38. The molecule has 3 aromatic carbocycles. The van der Waals surface area contributed by atoms with E-state index < -0.39 is 22.8 Å². The van der Waals surface area contributed by atoms with Crippen LogP contribution < -0.4 is 9.47 Å². The molecule has 0 aliphatic carbocycles. The van der Waals surface area contributed by atoms with Crippen LogP contribution in [0.25, 0.3) is 0 Å². The van der Waals surface area contributed by atoms with Gasteiger partial charge in [0.1, 0.15) is 30.8 Å². The molecule has 0 aliphatic heterocycles. The number of rotatable bonds is 10. The van der Waals surface area contributed by atoms with E-state index in [1.54, 1.807) is 36.4 Å². The van der Waals surface area contributed by atoms with Gasteiger partial charge in [-0.05, 0) is 48.9 Å². The van der Waals surface area contributed by atoms with Gasteiger partial charge in [-0.25, -0.2) is 0 Å². The maximum atomic E-state index is 12.1. The van der Waals surface area contributed by atoms with Crippen LogP contribution in [0.15, 0.2) is 83.8 Å². The molecular weight excluding hydrogens is 404 g/mol. The lowest BCUT2D eigenvalue weighted by Crippen LogP contribution is -2.25. The van der Waals surface area contributed by atoms with E-state index in [9.17, 15) is 13.5 Å². The van der Waals surface area contributed by atoms with Gasteiger partial charge in [-0.1, -0.05) is 48.0 Å². The Morgan fingerprint density at radius 3 is 2.03 bits per heavy atom. The van der Waals surface area contributed by atoms with E-state index in [0.717, 1.165) is 11.1 Å². The van der Waals surface area contributed by atoms with Crippen molar-refractivity contribution in [2.24, 2.45) is 0 Å². The van der Waals surface area contributed by atoms with E-state index in [-0.39, 0.29) is 11.5 Å². The maximum Gasteiger partial charge on any atom is 0.297 e. The third-order valence-corrected chi connectivity index (χ3v) is 5.54. The van der Waals surface area contributed by atoms with Crippen LogP contribution in [-0.2, 0) is 20.9 Å². The molecule has 0 spiro atoms. The van der Waals surface area contributed by atoms with Gasteiger partial charge in [-0.3, -0.25) is 4.18 Å². The number of ether oxygens (including phenoxy) is 2. The summed E-state index contributed by atoms with van der Waals surface area (Å²) in [4.78, 5) is 0.0484. The second-order valence-electron chi connectivity index (χ2n) is 6.76. The Balaban J connectivity index is 1.43. The zero-order chi connectivity index (χ0) is 21.4. The number of aliphatic hydroxyl groups is 1. The van der Waals surface area contributed by atoms with E-state index in [1.165, 1.54) is 12.1 Å². The summed E-state index contributed by atoms with van der Waals surface area (Å²) >= 11 is 0. The van der Waals surface area contributed by atoms with Crippen molar-refractivity contribution in [2.75, 3.05) is 13.2 Å². The molecule has 0 aromatic heterocycles. The lowest BCUT2D eigenvalue weighted by molar-refractivity contribution is 0.0648. The molecule has 0 saturated carbocycles. The molecule has 1 atom stereocenters. The first-order chi connectivity index (χ1) is 14.4. The van der Waals surface area contributed by atoms with Crippen molar-refractivity contribution in [3.63, 3.8) is 0 Å². The average molecular weight is 429 g/mol. The summed E-state index contributed by atoms with van der Waals surface area (Å²) in [5, 5.41) is 9.99. The monoisotopic (exact) mass is 428 g/mol. The molecule has 0 radical (unpaired) electrons. The lowest BCUT2D eigenvalue weighted by atomic mass is 10.2. The Labute approximate surface area is 176 Å². The molecule has 0 bridgehead atoms. The van der Waals surface area contributed by atoms with Gasteiger partial charge in [0, 0.05) is 0 Å². The summed E-state index contributed by atoms with van der Waals surface area (Å²) < 4.78 is 40.4. The van der Waals surface area contributed by atoms with Crippen molar-refractivity contribution < 1.29 is 27.2 Å². The Morgan fingerprint density at radius 1 is 0.800 bits per heavy atom. The minimum Gasteiger partial charge on any atom is -0.491 e. The summed E-state index contributed by atoms with van der Waals surface area (Å²) in [5.41, 5.74) is 2.01. The zero-order valence-electron chi connectivity index (χ0n) is 16.6. The largest absolute Gasteiger partial charge is 0.491 e. The highest BCUT2D eigenvalue weighted by Gasteiger charge is 2.17. The topological polar surface area (TPSA) is 82.1 Å². The third-order valence-electron chi connectivity index (χ3n) is 4.24. The normalized spacial score (nSPS) is 12.3. The van der Waals surface area contributed by atoms with E-state index >= 15 is 0 Å². The number of hydrogen-bond acceptors (Lipinski definition) is 6. The van der Waals surface area contributed by atoms with Crippen molar-refractivity contribution in [3.8, 4) is 11.5 Å². The summed E-state index contributed by atoms with van der Waals surface area (Å²) in [5.74, 6) is 1.22. The molecule has 30 heavy (non-hydrogen) atoms. The van der Waals surface area contributed by atoms with Crippen molar-refractivity contribution in [2.45, 2.75) is 24.5 Å². The standard InChI is InChI=1S/C23H24O6S/c1-18-7-13-23(14-8-18)30(25,26)29-17-20(24)16-28-22-11-9-21(10-12-22)27-15-19-5-3-2-4-6-19/h2-14,20,24H,15-17H2,1H3/t20-/m1/s1. The molecular formula is C23H24O6S. The minimum atomic E-state index is -3.92. The van der Waals surface area contributed by atoms with Crippen LogP contribution in [0.2, 0.25) is 0 Å². The van der Waals surface area contributed by atoms with Crippen molar-refractivity contribution >= 4 is 10.1 Å². The molecule has 0 unspecified atom stereocenters. The Kier molecular flexibility index (Phi) is 7.46. The van der Waals surface area contributed by atoms with Gasteiger partial charge < -0.3 is 14.6 Å². The first-order valence-corrected chi connectivity index (χ1v) is 10.9. The second kappa shape index (κ2) is 10.2. The van der Waals surface area contributed by atoms with Crippen LogP contribution >= 0.6 is 0 Å². The molecule has 0 amide bonds.